The first-order chi connectivity index (χ1) is 16.5. The van der Waals surface area contributed by atoms with Crippen LogP contribution in [0.2, 0.25) is 0 Å². The highest BCUT2D eigenvalue weighted by Gasteiger charge is 2.22. The molecule has 4 rings (SSSR count). The highest BCUT2D eigenvalue weighted by atomic mass is 19.1. The maximum atomic E-state index is 13.2. The Balaban J connectivity index is 1.39. The summed E-state index contributed by atoms with van der Waals surface area (Å²) in [6.45, 7) is 6.98. The largest absolute Gasteiger partial charge is 0.378 e. The summed E-state index contributed by atoms with van der Waals surface area (Å²) in [6, 6.07) is 13.5. The van der Waals surface area contributed by atoms with Crippen LogP contribution in [0.4, 0.5) is 15.8 Å². The van der Waals surface area contributed by atoms with E-state index < -0.39 is 0 Å². The number of amides is 2. The molecule has 1 aromatic heterocycles. The lowest BCUT2D eigenvalue weighted by Gasteiger charge is -2.29. The molecule has 1 aliphatic rings. The van der Waals surface area contributed by atoms with Gasteiger partial charge in [0.2, 0.25) is 5.91 Å². The van der Waals surface area contributed by atoms with E-state index in [1.165, 1.54) is 23.2 Å². The van der Waals surface area contributed by atoms with Gasteiger partial charge in [0, 0.05) is 31.0 Å². The van der Waals surface area contributed by atoms with Crippen LogP contribution in [0.25, 0.3) is 5.69 Å². The zero-order valence-corrected chi connectivity index (χ0v) is 19.3. The maximum Gasteiger partial charge on any atom is 0.257 e. The predicted molar refractivity (Wildman–Crippen MR) is 128 cm³/mol. The van der Waals surface area contributed by atoms with E-state index in [0.29, 0.717) is 42.4 Å². The average molecular weight is 466 g/mol. The van der Waals surface area contributed by atoms with Crippen LogP contribution in [0.3, 0.4) is 0 Å². The molecule has 2 heterocycles. The average Bonchev–Trinajstić information content (AvgIpc) is 3.24. The molecule has 2 aromatic carbocycles. The van der Waals surface area contributed by atoms with Crippen LogP contribution in [-0.4, -0.2) is 65.9 Å². The van der Waals surface area contributed by atoms with Crippen molar-refractivity contribution in [1.29, 1.82) is 0 Å². The number of rotatable bonds is 7. The van der Waals surface area contributed by atoms with Gasteiger partial charge in [-0.05, 0) is 62.4 Å². The zero-order valence-electron chi connectivity index (χ0n) is 19.3. The van der Waals surface area contributed by atoms with Crippen molar-refractivity contribution in [1.82, 2.24) is 14.7 Å². The molecule has 0 unspecified atom stereocenters. The molecular weight excluding hydrogens is 437 g/mol. The maximum absolute atomic E-state index is 13.2. The summed E-state index contributed by atoms with van der Waals surface area (Å²) < 4.78 is 20.2. The molecule has 1 fully saturated rings. The van der Waals surface area contributed by atoms with Gasteiger partial charge in [-0.15, -0.1) is 0 Å². The molecule has 0 radical (unpaired) electrons. The number of anilines is 2. The minimum absolute atomic E-state index is 0.0816. The second kappa shape index (κ2) is 10.5. The van der Waals surface area contributed by atoms with Crippen LogP contribution in [0, 0.1) is 12.7 Å². The normalized spacial score (nSPS) is 13.6. The number of nitrogens with zero attached hydrogens (tertiary/aromatic N) is 4. The van der Waals surface area contributed by atoms with Crippen molar-refractivity contribution in [2.24, 2.45) is 0 Å². The molecule has 2 amide bonds. The molecule has 9 heteroatoms. The third-order valence-corrected chi connectivity index (χ3v) is 5.84. The van der Waals surface area contributed by atoms with Crippen molar-refractivity contribution in [2.45, 2.75) is 13.8 Å². The Labute approximate surface area is 197 Å². The van der Waals surface area contributed by atoms with E-state index in [1.54, 1.807) is 23.7 Å². The zero-order chi connectivity index (χ0) is 24.1. The standard InChI is InChI=1S/C25H28FN5O3/c1-3-29(25(33)23-16-27-31(18(23)2)22-8-4-19(26)5-9-22)17-24(32)28-20-6-10-21(11-7-20)30-12-14-34-15-13-30/h4-11,16H,3,12-15,17H2,1-2H3,(H,28,32). The number of carbonyl (C=O) groups is 2. The van der Waals surface area contributed by atoms with Crippen LogP contribution in [0.5, 0.6) is 0 Å². The number of ether oxygens (including phenoxy) is 1. The Hall–Kier alpha value is -3.72. The Morgan fingerprint density at radius 1 is 1.06 bits per heavy atom. The van der Waals surface area contributed by atoms with Crippen LogP contribution in [-0.2, 0) is 9.53 Å². The Morgan fingerprint density at radius 2 is 1.71 bits per heavy atom. The van der Waals surface area contributed by atoms with Crippen molar-refractivity contribution in [3.05, 3.63) is 71.8 Å². The summed E-state index contributed by atoms with van der Waals surface area (Å²) in [5.41, 5.74) is 3.42. The molecular formula is C25H28FN5O3. The van der Waals surface area contributed by atoms with Gasteiger partial charge in [-0.1, -0.05) is 0 Å². The smallest absolute Gasteiger partial charge is 0.257 e. The lowest BCUT2D eigenvalue weighted by molar-refractivity contribution is -0.116. The predicted octanol–water partition coefficient (Wildman–Crippen LogP) is 3.26. The number of morpholine rings is 1. The first-order valence-corrected chi connectivity index (χ1v) is 11.3. The third kappa shape index (κ3) is 5.26. The molecule has 1 saturated heterocycles. The first-order valence-electron chi connectivity index (χ1n) is 11.3. The SMILES string of the molecule is CCN(CC(=O)Nc1ccc(N2CCOCC2)cc1)C(=O)c1cnn(-c2ccc(F)cc2)c1C. The number of nitrogens with one attached hydrogen (secondary N) is 1. The van der Waals surface area contributed by atoms with Crippen molar-refractivity contribution >= 4 is 23.2 Å². The lowest BCUT2D eigenvalue weighted by Crippen LogP contribution is -2.38. The van der Waals surface area contributed by atoms with Crippen molar-refractivity contribution in [3.63, 3.8) is 0 Å². The number of benzene rings is 2. The van der Waals surface area contributed by atoms with Crippen LogP contribution < -0.4 is 10.2 Å². The molecule has 1 aliphatic heterocycles. The molecule has 3 aromatic rings. The molecule has 0 aliphatic carbocycles. The fraction of sp³-hybridized carbons (Fsp3) is 0.320. The number of hydrogen-bond donors (Lipinski definition) is 1. The monoisotopic (exact) mass is 465 g/mol. The second-order valence-corrected chi connectivity index (χ2v) is 8.05. The number of hydrogen-bond acceptors (Lipinski definition) is 5. The van der Waals surface area contributed by atoms with Crippen molar-refractivity contribution < 1.29 is 18.7 Å². The Bertz CT molecular complexity index is 1140. The van der Waals surface area contributed by atoms with Gasteiger partial charge in [0.25, 0.3) is 5.91 Å². The molecule has 8 nitrogen and oxygen atoms in total. The highest BCUT2D eigenvalue weighted by Crippen LogP contribution is 2.20. The molecule has 0 bridgehead atoms. The van der Waals surface area contributed by atoms with Gasteiger partial charge in [0.15, 0.2) is 0 Å². The van der Waals surface area contributed by atoms with E-state index in [4.69, 9.17) is 4.74 Å². The Kier molecular flexibility index (Phi) is 7.22. The molecule has 0 spiro atoms. The summed E-state index contributed by atoms with van der Waals surface area (Å²) in [6.07, 6.45) is 1.48. The molecule has 0 saturated carbocycles. The number of carbonyl (C=O) groups excluding carboxylic acids is 2. The number of aromatic nitrogens is 2. The molecule has 0 atom stereocenters. The van der Waals surface area contributed by atoms with Crippen LogP contribution in [0.15, 0.2) is 54.7 Å². The van der Waals surface area contributed by atoms with Gasteiger partial charge in [-0.2, -0.15) is 5.10 Å². The molecule has 178 valence electrons. The van der Waals surface area contributed by atoms with E-state index in [0.717, 1.165) is 18.8 Å². The minimum atomic E-state index is -0.344. The molecule has 1 N–H and O–H groups in total. The summed E-state index contributed by atoms with van der Waals surface area (Å²) in [5, 5.41) is 7.14. The van der Waals surface area contributed by atoms with E-state index >= 15 is 0 Å². The van der Waals surface area contributed by atoms with E-state index in [1.807, 2.05) is 31.2 Å². The van der Waals surface area contributed by atoms with Gasteiger partial charge in [0.05, 0.1) is 36.4 Å². The lowest BCUT2D eigenvalue weighted by atomic mass is 10.2. The van der Waals surface area contributed by atoms with Gasteiger partial charge in [-0.25, -0.2) is 9.07 Å². The number of halogens is 1. The quantitative estimate of drug-likeness (QED) is 0.580. The fourth-order valence-corrected chi connectivity index (χ4v) is 3.91. The van der Waals surface area contributed by atoms with Gasteiger partial charge < -0.3 is 19.9 Å². The highest BCUT2D eigenvalue weighted by molar-refractivity contribution is 6.00. The summed E-state index contributed by atoms with van der Waals surface area (Å²) in [7, 11) is 0. The summed E-state index contributed by atoms with van der Waals surface area (Å²) in [4.78, 5) is 29.5. The van der Waals surface area contributed by atoms with Gasteiger partial charge >= 0.3 is 0 Å². The number of likely N-dealkylation sites (N-methyl/N-ethyl adjacent to an activating group) is 1. The summed E-state index contributed by atoms with van der Waals surface area (Å²) >= 11 is 0. The van der Waals surface area contributed by atoms with E-state index in [-0.39, 0.29) is 24.2 Å². The van der Waals surface area contributed by atoms with Crippen molar-refractivity contribution in [2.75, 3.05) is 49.6 Å². The molecule has 34 heavy (non-hydrogen) atoms. The summed E-state index contributed by atoms with van der Waals surface area (Å²) in [5.74, 6) is -0.909. The van der Waals surface area contributed by atoms with E-state index in [9.17, 15) is 14.0 Å². The fourth-order valence-electron chi connectivity index (χ4n) is 3.91. The first kappa shape index (κ1) is 23.4. The third-order valence-electron chi connectivity index (χ3n) is 5.84. The Morgan fingerprint density at radius 3 is 2.35 bits per heavy atom. The van der Waals surface area contributed by atoms with Gasteiger partial charge in [0.1, 0.15) is 12.4 Å². The van der Waals surface area contributed by atoms with Gasteiger partial charge in [-0.3, -0.25) is 9.59 Å². The van der Waals surface area contributed by atoms with Crippen molar-refractivity contribution in [3.8, 4) is 5.69 Å². The second-order valence-electron chi connectivity index (χ2n) is 8.05. The van der Waals surface area contributed by atoms with E-state index in [2.05, 4.69) is 15.3 Å². The minimum Gasteiger partial charge on any atom is -0.378 e. The topological polar surface area (TPSA) is 79.7 Å². The van der Waals surface area contributed by atoms with Crippen LogP contribution >= 0.6 is 0 Å². The van der Waals surface area contributed by atoms with Crippen LogP contribution in [0.1, 0.15) is 23.0 Å².